The zero-order valence-corrected chi connectivity index (χ0v) is 13.1. The first kappa shape index (κ1) is 14.6. The van der Waals surface area contributed by atoms with Gasteiger partial charge in [-0.15, -0.1) is 0 Å². The predicted molar refractivity (Wildman–Crippen MR) is 87.7 cm³/mol. The Morgan fingerprint density at radius 2 is 2.17 bits per heavy atom. The summed E-state index contributed by atoms with van der Waals surface area (Å²) in [4.78, 5) is 16.8. The summed E-state index contributed by atoms with van der Waals surface area (Å²) in [6.45, 7) is 1.15. The average molecular weight is 322 g/mol. The number of rotatable bonds is 4. The molecule has 0 spiro atoms. The first-order valence-corrected chi connectivity index (χ1v) is 8.05. The Labute approximate surface area is 139 Å². The maximum Gasteiger partial charge on any atom is 0.223 e. The van der Waals surface area contributed by atoms with Crippen LogP contribution in [-0.4, -0.2) is 30.9 Å². The van der Waals surface area contributed by atoms with Crippen molar-refractivity contribution in [1.29, 1.82) is 0 Å². The van der Waals surface area contributed by atoms with Crippen LogP contribution in [0.25, 0.3) is 11.4 Å². The van der Waals surface area contributed by atoms with Gasteiger partial charge in [0.1, 0.15) is 5.82 Å². The van der Waals surface area contributed by atoms with Crippen molar-refractivity contribution in [3.63, 3.8) is 0 Å². The number of hydrogen-bond acceptors (Lipinski definition) is 4. The van der Waals surface area contributed by atoms with Gasteiger partial charge in [-0.3, -0.25) is 14.6 Å². The van der Waals surface area contributed by atoms with E-state index in [1.165, 1.54) is 0 Å². The van der Waals surface area contributed by atoms with Crippen molar-refractivity contribution in [2.24, 2.45) is 5.92 Å². The van der Waals surface area contributed by atoms with E-state index in [0.29, 0.717) is 18.2 Å². The summed E-state index contributed by atoms with van der Waals surface area (Å²) in [6.07, 6.45) is 3.33. The van der Waals surface area contributed by atoms with Crippen LogP contribution in [0.15, 0.2) is 42.6 Å². The van der Waals surface area contributed by atoms with Gasteiger partial charge in [0, 0.05) is 36.3 Å². The Hall–Kier alpha value is -2.96. The van der Waals surface area contributed by atoms with Crippen LogP contribution >= 0.6 is 0 Å². The summed E-state index contributed by atoms with van der Waals surface area (Å²) in [7, 11) is 0. The topological polar surface area (TPSA) is 88.5 Å². The van der Waals surface area contributed by atoms with Crippen molar-refractivity contribution in [3.8, 4) is 11.4 Å². The highest BCUT2D eigenvalue weighted by Gasteiger charge is 2.25. The molecule has 3 heterocycles. The average Bonchev–Trinajstić information content (AvgIpc) is 3.29. The van der Waals surface area contributed by atoms with Crippen LogP contribution < -0.4 is 5.32 Å². The van der Waals surface area contributed by atoms with E-state index in [2.05, 4.69) is 25.6 Å². The van der Waals surface area contributed by atoms with Crippen LogP contribution in [0, 0.1) is 5.92 Å². The first-order valence-electron chi connectivity index (χ1n) is 8.05. The lowest BCUT2D eigenvalue weighted by Gasteiger charge is -2.22. The van der Waals surface area contributed by atoms with Crippen molar-refractivity contribution < 1.29 is 4.79 Å². The van der Waals surface area contributed by atoms with Crippen LogP contribution in [0.1, 0.15) is 17.9 Å². The molecular formula is C17H18N6O. The molecule has 0 saturated heterocycles. The molecule has 1 aromatic carbocycles. The number of aryl methyl sites for hydroxylation is 1. The van der Waals surface area contributed by atoms with Gasteiger partial charge in [0.2, 0.25) is 5.91 Å². The number of fused-ring (bicyclic) bond motifs is 1. The smallest absolute Gasteiger partial charge is 0.223 e. The highest BCUT2D eigenvalue weighted by atomic mass is 16.1. The number of nitrogens with one attached hydrogen (secondary N) is 2. The third-order valence-corrected chi connectivity index (χ3v) is 4.31. The minimum Gasteiger partial charge on any atom is -0.349 e. The zero-order valence-electron chi connectivity index (χ0n) is 13.1. The number of hydrogen-bond donors (Lipinski definition) is 2. The number of benzene rings is 1. The molecule has 1 atom stereocenters. The molecule has 1 unspecified atom stereocenters. The molecule has 24 heavy (non-hydrogen) atoms. The zero-order chi connectivity index (χ0) is 16.4. The normalized spacial score (nSPS) is 16.6. The highest BCUT2D eigenvalue weighted by molar-refractivity contribution is 5.78. The fraction of sp³-hybridized carbons (Fsp3) is 0.294. The highest BCUT2D eigenvalue weighted by Crippen LogP contribution is 2.19. The van der Waals surface area contributed by atoms with E-state index < -0.39 is 0 Å². The van der Waals surface area contributed by atoms with Gasteiger partial charge in [-0.05, 0) is 12.5 Å². The van der Waals surface area contributed by atoms with Crippen LogP contribution in [-0.2, 0) is 24.3 Å². The maximum absolute atomic E-state index is 12.4. The standard InChI is InChI=1S/C17H18N6O/c24-17(13-7-9-23-14(10-13)6-8-19-23)18-11-15-20-16(22-21-15)12-4-2-1-3-5-12/h1-6,8,13H,7,9-11H2,(H,18,24)(H,20,21,22). The molecule has 4 rings (SSSR count). The molecule has 0 aliphatic carbocycles. The summed E-state index contributed by atoms with van der Waals surface area (Å²) in [5.74, 6) is 1.34. The summed E-state index contributed by atoms with van der Waals surface area (Å²) >= 11 is 0. The minimum absolute atomic E-state index is 0.00860. The van der Waals surface area contributed by atoms with Crippen molar-refractivity contribution in [1.82, 2.24) is 30.3 Å². The number of aromatic amines is 1. The second kappa shape index (κ2) is 6.27. The van der Waals surface area contributed by atoms with E-state index in [9.17, 15) is 4.79 Å². The molecule has 0 saturated carbocycles. The van der Waals surface area contributed by atoms with Crippen LogP contribution in [0.3, 0.4) is 0 Å². The molecule has 2 aromatic heterocycles. The second-order valence-electron chi connectivity index (χ2n) is 5.92. The van der Waals surface area contributed by atoms with Gasteiger partial charge in [0.05, 0.1) is 6.54 Å². The quantitative estimate of drug-likeness (QED) is 0.763. The molecule has 122 valence electrons. The van der Waals surface area contributed by atoms with Gasteiger partial charge in [0.25, 0.3) is 0 Å². The van der Waals surface area contributed by atoms with Crippen LogP contribution in [0.5, 0.6) is 0 Å². The lowest BCUT2D eigenvalue weighted by molar-refractivity contribution is -0.125. The van der Waals surface area contributed by atoms with Gasteiger partial charge in [-0.2, -0.15) is 10.2 Å². The monoisotopic (exact) mass is 322 g/mol. The van der Waals surface area contributed by atoms with Crippen LogP contribution in [0.2, 0.25) is 0 Å². The van der Waals surface area contributed by atoms with E-state index in [1.807, 2.05) is 41.1 Å². The Balaban J connectivity index is 1.36. The maximum atomic E-state index is 12.4. The fourth-order valence-electron chi connectivity index (χ4n) is 3.00. The third kappa shape index (κ3) is 2.92. The lowest BCUT2D eigenvalue weighted by Crippen LogP contribution is -2.35. The molecule has 2 N–H and O–H groups in total. The Bertz CT molecular complexity index is 838. The number of carbonyl (C=O) groups excluding carboxylic acids is 1. The van der Waals surface area contributed by atoms with Crippen LogP contribution in [0.4, 0.5) is 0 Å². The van der Waals surface area contributed by atoms with Crippen molar-refractivity contribution in [2.45, 2.75) is 25.9 Å². The van der Waals surface area contributed by atoms with Gasteiger partial charge >= 0.3 is 0 Å². The summed E-state index contributed by atoms with van der Waals surface area (Å²) in [6, 6.07) is 11.7. The molecule has 1 aliphatic rings. The van der Waals surface area contributed by atoms with Crippen molar-refractivity contribution in [3.05, 3.63) is 54.1 Å². The van der Waals surface area contributed by atoms with Gasteiger partial charge in [0.15, 0.2) is 5.82 Å². The van der Waals surface area contributed by atoms with E-state index in [0.717, 1.165) is 30.6 Å². The molecule has 0 radical (unpaired) electrons. The molecule has 7 heteroatoms. The molecule has 1 amide bonds. The summed E-state index contributed by atoms with van der Waals surface area (Å²) in [5.41, 5.74) is 2.07. The minimum atomic E-state index is -0.00860. The predicted octanol–water partition coefficient (Wildman–Crippen LogP) is 1.55. The van der Waals surface area contributed by atoms with Gasteiger partial charge in [-0.25, -0.2) is 4.98 Å². The summed E-state index contributed by atoms with van der Waals surface area (Å²) < 4.78 is 1.96. The Morgan fingerprint density at radius 1 is 1.29 bits per heavy atom. The molecule has 0 fully saturated rings. The van der Waals surface area contributed by atoms with Gasteiger partial charge < -0.3 is 5.32 Å². The molecular weight excluding hydrogens is 304 g/mol. The molecule has 3 aromatic rings. The van der Waals surface area contributed by atoms with E-state index in [4.69, 9.17) is 0 Å². The number of nitrogens with zero attached hydrogens (tertiary/aromatic N) is 4. The first-order chi connectivity index (χ1) is 11.8. The van der Waals surface area contributed by atoms with E-state index in [1.54, 1.807) is 6.20 Å². The SMILES string of the molecule is O=C(NCc1nc(-c2ccccc2)n[nH]1)C1CCn2nccc2C1. The Kier molecular flexibility index (Phi) is 3.82. The molecule has 1 aliphatic heterocycles. The third-order valence-electron chi connectivity index (χ3n) is 4.31. The number of H-pyrrole nitrogens is 1. The Morgan fingerprint density at radius 3 is 3.04 bits per heavy atom. The van der Waals surface area contributed by atoms with Gasteiger partial charge in [-0.1, -0.05) is 30.3 Å². The van der Waals surface area contributed by atoms with E-state index in [-0.39, 0.29) is 11.8 Å². The molecule has 7 nitrogen and oxygen atoms in total. The number of amides is 1. The largest absolute Gasteiger partial charge is 0.349 e. The molecule has 0 bridgehead atoms. The second-order valence-corrected chi connectivity index (χ2v) is 5.92. The number of aromatic nitrogens is 5. The fourth-order valence-corrected chi connectivity index (χ4v) is 3.00. The van der Waals surface area contributed by atoms with Crippen molar-refractivity contribution >= 4 is 5.91 Å². The summed E-state index contributed by atoms with van der Waals surface area (Å²) in [5, 5.41) is 14.3. The lowest BCUT2D eigenvalue weighted by atomic mass is 9.95. The van der Waals surface area contributed by atoms with E-state index >= 15 is 0 Å². The number of carbonyl (C=O) groups is 1. The van der Waals surface area contributed by atoms with Crippen molar-refractivity contribution in [2.75, 3.05) is 0 Å².